The first-order valence-electron chi connectivity index (χ1n) is 6.14. The molecule has 1 aromatic heterocycles. The number of alkyl halides is 2. The summed E-state index contributed by atoms with van der Waals surface area (Å²) in [7, 11) is 0. The topological polar surface area (TPSA) is 44.1 Å². The summed E-state index contributed by atoms with van der Waals surface area (Å²) in [6.07, 6.45) is 1.29. The second kappa shape index (κ2) is 5.99. The molecule has 0 atom stereocenters. The molecule has 21 heavy (non-hydrogen) atoms. The van der Waals surface area contributed by atoms with E-state index in [0.29, 0.717) is 11.3 Å². The highest BCUT2D eigenvalue weighted by atomic mass is 19.3. The molecule has 4 nitrogen and oxygen atoms in total. The molecule has 1 heterocycles. The third kappa shape index (κ3) is 3.42. The number of aryl methyl sites for hydroxylation is 1. The first kappa shape index (κ1) is 15.1. The fourth-order valence-electron chi connectivity index (χ4n) is 1.85. The first-order chi connectivity index (χ1) is 9.88. The van der Waals surface area contributed by atoms with Crippen LogP contribution in [0.5, 0.6) is 5.75 Å². The van der Waals surface area contributed by atoms with Crippen molar-refractivity contribution in [2.45, 2.75) is 27.0 Å². The molecule has 0 saturated carbocycles. The van der Waals surface area contributed by atoms with Gasteiger partial charge in [-0.05, 0) is 32.0 Å². The van der Waals surface area contributed by atoms with Gasteiger partial charge in [0.1, 0.15) is 11.6 Å². The monoisotopic (exact) mass is 298 g/mol. The van der Waals surface area contributed by atoms with Crippen LogP contribution in [0.1, 0.15) is 16.8 Å². The highest BCUT2D eigenvalue weighted by Crippen LogP contribution is 2.22. The van der Waals surface area contributed by atoms with Crippen molar-refractivity contribution < 1.29 is 17.9 Å². The zero-order valence-corrected chi connectivity index (χ0v) is 11.4. The van der Waals surface area contributed by atoms with Gasteiger partial charge in [0.25, 0.3) is 5.56 Å². The third-order valence-corrected chi connectivity index (χ3v) is 3.09. The van der Waals surface area contributed by atoms with Crippen molar-refractivity contribution in [1.29, 1.82) is 0 Å². The van der Waals surface area contributed by atoms with Crippen molar-refractivity contribution in [1.82, 2.24) is 9.55 Å². The van der Waals surface area contributed by atoms with Gasteiger partial charge in [0.05, 0.1) is 12.9 Å². The molecule has 0 fully saturated rings. The maximum absolute atomic E-state index is 13.3. The van der Waals surface area contributed by atoms with Crippen LogP contribution < -0.4 is 10.3 Å². The van der Waals surface area contributed by atoms with Crippen LogP contribution in [0.2, 0.25) is 0 Å². The van der Waals surface area contributed by atoms with Crippen LogP contribution in [0.4, 0.5) is 13.2 Å². The molecule has 0 spiro atoms. The fraction of sp³-hybridized carbons (Fsp3) is 0.286. The van der Waals surface area contributed by atoms with Gasteiger partial charge in [-0.25, -0.2) is 9.37 Å². The largest absolute Gasteiger partial charge is 0.434 e. The molecule has 0 aliphatic rings. The highest BCUT2D eigenvalue weighted by molar-refractivity contribution is 5.34. The molecule has 0 aliphatic carbocycles. The molecule has 0 amide bonds. The smallest absolute Gasteiger partial charge is 0.387 e. The summed E-state index contributed by atoms with van der Waals surface area (Å²) >= 11 is 0. The van der Waals surface area contributed by atoms with Gasteiger partial charge in [-0.15, -0.1) is 0 Å². The summed E-state index contributed by atoms with van der Waals surface area (Å²) in [6.45, 7) is 0.175. The summed E-state index contributed by atoms with van der Waals surface area (Å²) in [5, 5.41) is 0. The number of ether oxygens (including phenoxy) is 1. The molecule has 0 saturated heterocycles. The summed E-state index contributed by atoms with van der Waals surface area (Å²) in [6, 6.07) is 3.18. The van der Waals surface area contributed by atoms with Crippen LogP contribution in [0.15, 0.2) is 29.3 Å². The molecule has 2 aromatic rings. The van der Waals surface area contributed by atoms with Crippen molar-refractivity contribution >= 4 is 0 Å². The van der Waals surface area contributed by atoms with E-state index in [0.717, 1.165) is 18.2 Å². The third-order valence-electron chi connectivity index (χ3n) is 3.09. The van der Waals surface area contributed by atoms with E-state index in [9.17, 15) is 18.0 Å². The minimum atomic E-state index is -3.02. The van der Waals surface area contributed by atoms with E-state index >= 15 is 0 Å². The number of benzene rings is 1. The lowest BCUT2D eigenvalue weighted by Gasteiger charge is -2.12. The predicted molar refractivity (Wildman–Crippen MR) is 70.1 cm³/mol. The molecule has 0 unspecified atom stereocenters. The van der Waals surface area contributed by atoms with Gasteiger partial charge < -0.3 is 4.74 Å². The lowest BCUT2D eigenvalue weighted by Crippen LogP contribution is -2.24. The van der Waals surface area contributed by atoms with E-state index in [-0.39, 0.29) is 23.4 Å². The molecule has 7 heteroatoms. The maximum Gasteiger partial charge on any atom is 0.387 e. The van der Waals surface area contributed by atoms with Gasteiger partial charge in [-0.2, -0.15) is 8.78 Å². The van der Waals surface area contributed by atoms with E-state index in [2.05, 4.69) is 9.72 Å². The molecular formula is C14H13F3N2O2. The number of nitrogens with zero attached hydrogens (tertiary/aromatic N) is 2. The fourth-order valence-corrected chi connectivity index (χ4v) is 1.85. The minimum Gasteiger partial charge on any atom is -0.434 e. The quantitative estimate of drug-likeness (QED) is 0.871. The Morgan fingerprint density at radius 2 is 2.05 bits per heavy atom. The Bertz CT molecular complexity index is 714. The SMILES string of the molecule is Cc1ncn(Cc2cc(F)ccc2OC(F)F)c(=O)c1C. The van der Waals surface area contributed by atoms with Crippen molar-refractivity contribution in [2.24, 2.45) is 0 Å². The predicted octanol–water partition coefficient (Wildman–Crippen LogP) is 2.65. The normalized spacial score (nSPS) is 11.0. The van der Waals surface area contributed by atoms with E-state index in [4.69, 9.17) is 0 Å². The average molecular weight is 298 g/mol. The van der Waals surface area contributed by atoms with Gasteiger partial charge in [-0.1, -0.05) is 0 Å². The molecule has 1 aromatic carbocycles. The molecule has 0 radical (unpaired) electrons. The van der Waals surface area contributed by atoms with E-state index in [1.54, 1.807) is 13.8 Å². The van der Waals surface area contributed by atoms with Crippen LogP contribution in [0, 0.1) is 19.7 Å². The van der Waals surface area contributed by atoms with Gasteiger partial charge in [0, 0.05) is 16.8 Å². The van der Waals surface area contributed by atoms with Gasteiger partial charge in [0.2, 0.25) is 0 Å². The van der Waals surface area contributed by atoms with Crippen molar-refractivity contribution in [3.05, 3.63) is 57.5 Å². The summed E-state index contributed by atoms with van der Waals surface area (Å²) in [5.41, 5.74) is 0.863. The van der Waals surface area contributed by atoms with Gasteiger partial charge >= 0.3 is 6.61 Å². The van der Waals surface area contributed by atoms with Crippen LogP contribution in [-0.2, 0) is 6.54 Å². The summed E-state index contributed by atoms with van der Waals surface area (Å²) in [5.74, 6) is -0.770. The molecular weight excluding hydrogens is 285 g/mol. The second-order valence-corrected chi connectivity index (χ2v) is 4.52. The lowest BCUT2D eigenvalue weighted by molar-refractivity contribution is -0.0505. The van der Waals surface area contributed by atoms with Crippen molar-refractivity contribution in [3.63, 3.8) is 0 Å². The Labute approximate surface area is 118 Å². The average Bonchev–Trinajstić information content (AvgIpc) is 2.42. The van der Waals surface area contributed by atoms with Crippen LogP contribution in [-0.4, -0.2) is 16.2 Å². The van der Waals surface area contributed by atoms with Gasteiger partial charge in [-0.3, -0.25) is 9.36 Å². The van der Waals surface area contributed by atoms with E-state index in [1.165, 1.54) is 10.9 Å². The summed E-state index contributed by atoms with van der Waals surface area (Å²) in [4.78, 5) is 16.1. The molecule has 0 bridgehead atoms. The molecule has 2 rings (SSSR count). The highest BCUT2D eigenvalue weighted by Gasteiger charge is 2.13. The Kier molecular flexibility index (Phi) is 4.30. The Morgan fingerprint density at radius 3 is 2.71 bits per heavy atom. The molecule has 112 valence electrons. The van der Waals surface area contributed by atoms with Crippen molar-refractivity contribution in [3.8, 4) is 5.75 Å². The second-order valence-electron chi connectivity index (χ2n) is 4.52. The van der Waals surface area contributed by atoms with Crippen LogP contribution >= 0.6 is 0 Å². The number of hydrogen-bond acceptors (Lipinski definition) is 3. The van der Waals surface area contributed by atoms with Crippen LogP contribution in [0.25, 0.3) is 0 Å². The lowest BCUT2D eigenvalue weighted by atomic mass is 10.2. The summed E-state index contributed by atoms with van der Waals surface area (Å²) < 4.78 is 43.5. The molecule has 0 N–H and O–H groups in total. The van der Waals surface area contributed by atoms with Crippen LogP contribution in [0.3, 0.4) is 0 Å². The number of halogens is 3. The zero-order valence-electron chi connectivity index (χ0n) is 11.4. The van der Waals surface area contributed by atoms with E-state index < -0.39 is 12.4 Å². The Morgan fingerprint density at radius 1 is 1.33 bits per heavy atom. The first-order valence-corrected chi connectivity index (χ1v) is 6.14. The van der Waals surface area contributed by atoms with E-state index in [1.807, 2.05) is 0 Å². The van der Waals surface area contributed by atoms with Crippen molar-refractivity contribution in [2.75, 3.05) is 0 Å². The number of aromatic nitrogens is 2. The standard InChI is InChI=1S/C14H13F3N2O2/c1-8-9(2)18-7-19(13(8)20)6-10-5-11(15)3-4-12(10)21-14(16)17/h3-5,7,14H,6H2,1-2H3. The minimum absolute atomic E-state index is 0.104. The Balaban J connectivity index is 2.41. The zero-order chi connectivity index (χ0) is 15.6. The van der Waals surface area contributed by atoms with Gasteiger partial charge in [0.15, 0.2) is 0 Å². The number of hydrogen-bond donors (Lipinski definition) is 0. The Hall–Kier alpha value is -2.31. The molecule has 0 aliphatic heterocycles. The maximum atomic E-state index is 13.3. The number of rotatable bonds is 4.